The maximum Gasteiger partial charge on any atom is 0.257 e. The van der Waals surface area contributed by atoms with Gasteiger partial charge in [0.05, 0.1) is 26.7 Å². The van der Waals surface area contributed by atoms with Gasteiger partial charge in [-0.05, 0) is 42.5 Å². The number of methoxy groups -OCH3 is 2. The van der Waals surface area contributed by atoms with Crippen molar-refractivity contribution < 1.29 is 23.8 Å². The Hall–Kier alpha value is -4.33. The lowest BCUT2D eigenvalue weighted by Gasteiger charge is -2.23. The van der Waals surface area contributed by atoms with Crippen LogP contribution in [0, 0.1) is 0 Å². The molecule has 8 nitrogen and oxygen atoms in total. The predicted octanol–water partition coefficient (Wildman–Crippen LogP) is 3.84. The SMILES string of the molecule is COc1cccc(C2CC(=O)NC(NC(=O)c3ccc(Oc4ccccc4)cc3)=N2)c1OC. The van der Waals surface area contributed by atoms with Crippen LogP contribution >= 0.6 is 0 Å². The molecule has 1 aliphatic rings. The summed E-state index contributed by atoms with van der Waals surface area (Å²) in [6.45, 7) is 0. The molecule has 0 saturated heterocycles. The number of hydrogen-bond acceptors (Lipinski definition) is 6. The van der Waals surface area contributed by atoms with Crippen molar-refractivity contribution in [1.29, 1.82) is 0 Å². The van der Waals surface area contributed by atoms with Crippen molar-refractivity contribution in [2.24, 2.45) is 4.99 Å². The maximum atomic E-state index is 12.7. The summed E-state index contributed by atoms with van der Waals surface area (Å²) in [7, 11) is 3.07. The summed E-state index contributed by atoms with van der Waals surface area (Å²) < 4.78 is 16.6. The van der Waals surface area contributed by atoms with E-state index < -0.39 is 11.9 Å². The van der Waals surface area contributed by atoms with E-state index in [1.54, 1.807) is 43.5 Å². The van der Waals surface area contributed by atoms with Crippen LogP contribution in [0.3, 0.4) is 0 Å². The molecule has 1 atom stereocenters. The van der Waals surface area contributed by atoms with Gasteiger partial charge in [0.15, 0.2) is 11.5 Å². The van der Waals surface area contributed by atoms with Gasteiger partial charge in [0.1, 0.15) is 11.5 Å². The summed E-state index contributed by atoms with van der Waals surface area (Å²) in [5.41, 5.74) is 1.09. The number of aliphatic imine (C=N–C) groups is 1. The molecule has 168 valence electrons. The van der Waals surface area contributed by atoms with Crippen LogP contribution in [0.4, 0.5) is 0 Å². The first kappa shape index (κ1) is 21.9. The summed E-state index contributed by atoms with van der Waals surface area (Å²) in [4.78, 5) is 29.6. The third-order valence-corrected chi connectivity index (χ3v) is 5.04. The lowest BCUT2D eigenvalue weighted by Crippen LogP contribution is -2.47. The summed E-state index contributed by atoms with van der Waals surface area (Å²) in [6, 6.07) is 20.9. The summed E-state index contributed by atoms with van der Waals surface area (Å²) in [6.07, 6.45) is 0.119. The van der Waals surface area contributed by atoms with Gasteiger partial charge >= 0.3 is 0 Å². The van der Waals surface area contributed by atoms with Gasteiger partial charge in [-0.15, -0.1) is 0 Å². The number of carbonyl (C=O) groups is 2. The third-order valence-electron chi connectivity index (χ3n) is 5.04. The van der Waals surface area contributed by atoms with Gasteiger partial charge in [-0.3, -0.25) is 20.2 Å². The van der Waals surface area contributed by atoms with E-state index in [4.69, 9.17) is 14.2 Å². The van der Waals surface area contributed by atoms with Gasteiger partial charge in [0.2, 0.25) is 11.9 Å². The van der Waals surface area contributed by atoms with Crippen LogP contribution in [-0.2, 0) is 4.79 Å². The molecule has 3 aromatic carbocycles. The molecule has 0 aromatic heterocycles. The van der Waals surface area contributed by atoms with Crippen LogP contribution < -0.4 is 24.8 Å². The van der Waals surface area contributed by atoms with Crippen LogP contribution in [0.15, 0.2) is 77.8 Å². The Morgan fingerprint density at radius 1 is 0.939 bits per heavy atom. The minimum absolute atomic E-state index is 0.0794. The molecule has 0 spiro atoms. The van der Waals surface area contributed by atoms with Gasteiger partial charge in [-0.25, -0.2) is 4.99 Å². The van der Waals surface area contributed by atoms with Crippen molar-refractivity contribution in [3.8, 4) is 23.0 Å². The van der Waals surface area contributed by atoms with Crippen molar-refractivity contribution >= 4 is 17.8 Å². The quantitative estimate of drug-likeness (QED) is 0.601. The largest absolute Gasteiger partial charge is 0.493 e. The van der Waals surface area contributed by atoms with Crippen LogP contribution in [0.25, 0.3) is 0 Å². The van der Waals surface area contributed by atoms with Crippen molar-refractivity contribution in [2.75, 3.05) is 14.2 Å². The zero-order valence-electron chi connectivity index (χ0n) is 18.2. The number of hydrogen-bond donors (Lipinski definition) is 2. The molecule has 2 N–H and O–H groups in total. The summed E-state index contributed by atoms with van der Waals surface area (Å²) >= 11 is 0. The van der Waals surface area contributed by atoms with Crippen LogP contribution in [0.5, 0.6) is 23.0 Å². The average molecular weight is 445 g/mol. The van der Waals surface area contributed by atoms with E-state index in [1.807, 2.05) is 36.4 Å². The van der Waals surface area contributed by atoms with Gasteiger partial charge in [0, 0.05) is 11.1 Å². The van der Waals surface area contributed by atoms with E-state index in [2.05, 4.69) is 15.6 Å². The van der Waals surface area contributed by atoms with E-state index in [0.29, 0.717) is 34.1 Å². The normalized spacial score (nSPS) is 15.2. The third kappa shape index (κ3) is 5.12. The summed E-state index contributed by atoms with van der Waals surface area (Å²) in [5, 5.41) is 5.28. The van der Waals surface area contributed by atoms with Gasteiger partial charge in [0.25, 0.3) is 5.91 Å². The fourth-order valence-electron chi connectivity index (χ4n) is 3.49. The zero-order valence-corrected chi connectivity index (χ0v) is 18.2. The Balaban J connectivity index is 1.49. The van der Waals surface area contributed by atoms with Crippen molar-refractivity contribution in [3.63, 3.8) is 0 Å². The van der Waals surface area contributed by atoms with E-state index >= 15 is 0 Å². The Labute approximate surface area is 191 Å². The lowest BCUT2D eigenvalue weighted by molar-refractivity contribution is -0.120. The van der Waals surface area contributed by atoms with Crippen LogP contribution in [0.2, 0.25) is 0 Å². The van der Waals surface area contributed by atoms with E-state index in [1.165, 1.54) is 7.11 Å². The molecular formula is C25H23N3O5. The lowest BCUT2D eigenvalue weighted by atomic mass is 10.0. The number of rotatable bonds is 6. The molecule has 0 radical (unpaired) electrons. The fraction of sp³-hybridized carbons (Fsp3) is 0.160. The maximum absolute atomic E-state index is 12.7. The van der Waals surface area contributed by atoms with Gasteiger partial charge in [-0.2, -0.15) is 0 Å². The number of benzene rings is 3. The molecule has 2 amide bonds. The first-order chi connectivity index (χ1) is 16.1. The molecule has 0 aliphatic carbocycles. The van der Waals surface area contributed by atoms with Gasteiger partial charge < -0.3 is 14.2 Å². The monoisotopic (exact) mass is 445 g/mol. The number of nitrogens with zero attached hydrogens (tertiary/aromatic N) is 1. The minimum atomic E-state index is -0.527. The van der Waals surface area contributed by atoms with Crippen LogP contribution in [0.1, 0.15) is 28.4 Å². The second-order valence-corrected chi connectivity index (χ2v) is 7.22. The second kappa shape index (κ2) is 9.86. The first-order valence-electron chi connectivity index (χ1n) is 10.3. The van der Waals surface area contributed by atoms with Crippen molar-refractivity contribution in [3.05, 3.63) is 83.9 Å². The fourth-order valence-corrected chi connectivity index (χ4v) is 3.49. The standard InChI is InChI=1S/C25H23N3O5/c1-31-21-10-6-9-19(23(21)32-2)20-15-22(29)27-25(26-20)28-24(30)16-11-13-18(14-12-16)33-17-7-4-3-5-8-17/h3-14,20H,15H2,1-2H3,(H2,26,27,28,29,30). The Morgan fingerprint density at radius 3 is 2.36 bits per heavy atom. The number of amides is 2. The number of ether oxygens (including phenoxy) is 3. The molecule has 1 aliphatic heterocycles. The van der Waals surface area contributed by atoms with Crippen LogP contribution in [-0.4, -0.2) is 32.0 Å². The molecule has 4 rings (SSSR count). The average Bonchev–Trinajstić information content (AvgIpc) is 2.84. The molecule has 1 unspecified atom stereocenters. The predicted molar refractivity (Wildman–Crippen MR) is 123 cm³/mol. The molecular weight excluding hydrogens is 422 g/mol. The second-order valence-electron chi connectivity index (χ2n) is 7.22. The number of guanidine groups is 1. The van der Waals surface area contributed by atoms with E-state index in [-0.39, 0.29) is 18.3 Å². The van der Waals surface area contributed by atoms with E-state index in [9.17, 15) is 9.59 Å². The summed E-state index contributed by atoms with van der Waals surface area (Å²) in [5.74, 6) is 1.76. The number of para-hydroxylation sites is 2. The molecule has 8 heteroatoms. The van der Waals surface area contributed by atoms with Gasteiger partial charge in [-0.1, -0.05) is 30.3 Å². The topological polar surface area (TPSA) is 98.3 Å². The molecule has 0 saturated carbocycles. The first-order valence-corrected chi connectivity index (χ1v) is 10.3. The zero-order chi connectivity index (χ0) is 23.2. The highest BCUT2D eigenvalue weighted by Gasteiger charge is 2.27. The highest BCUT2D eigenvalue weighted by molar-refractivity contribution is 6.10. The molecule has 33 heavy (non-hydrogen) atoms. The minimum Gasteiger partial charge on any atom is -0.493 e. The highest BCUT2D eigenvalue weighted by atomic mass is 16.5. The number of nitrogens with one attached hydrogen (secondary N) is 2. The van der Waals surface area contributed by atoms with E-state index in [0.717, 1.165) is 0 Å². The Morgan fingerprint density at radius 2 is 1.67 bits per heavy atom. The Bertz CT molecular complexity index is 1180. The molecule has 3 aromatic rings. The smallest absolute Gasteiger partial charge is 0.257 e. The molecule has 0 fully saturated rings. The highest BCUT2D eigenvalue weighted by Crippen LogP contribution is 2.38. The molecule has 0 bridgehead atoms. The number of carbonyl (C=O) groups excluding carboxylic acids is 2. The van der Waals surface area contributed by atoms with Crippen molar-refractivity contribution in [2.45, 2.75) is 12.5 Å². The Kier molecular flexibility index (Phi) is 6.54. The molecule has 1 heterocycles. The van der Waals surface area contributed by atoms with Crippen molar-refractivity contribution in [1.82, 2.24) is 10.6 Å².